The Morgan fingerprint density at radius 3 is 2.76 bits per heavy atom. The van der Waals surface area contributed by atoms with Crippen molar-refractivity contribution in [1.82, 2.24) is 0 Å². The first-order valence-electron chi connectivity index (χ1n) is 5.34. The summed E-state index contributed by atoms with van der Waals surface area (Å²) in [5.74, 6) is -1.14. The molecule has 0 heterocycles. The maximum atomic E-state index is 13.3. The molecule has 1 aromatic carbocycles. The Kier molecular flexibility index (Phi) is 4.90. The molecule has 0 aliphatic rings. The smallest absolute Gasteiger partial charge is 0.340 e. The zero-order chi connectivity index (χ0) is 12.8. The number of nitrogen functional groups attached to an aromatic ring is 1. The fraction of sp³-hybridized carbons (Fsp3) is 0.417. The van der Waals surface area contributed by atoms with Crippen LogP contribution in [0.5, 0.6) is 0 Å². The molecule has 0 aliphatic heterocycles. The van der Waals surface area contributed by atoms with Crippen molar-refractivity contribution in [1.29, 1.82) is 0 Å². The van der Waals surface area contributed by atoms with Gasteiger partial charge in [0.2, 0.25) is 0 Å². The van der Waals surface area contributed by atoms with Gasteiger partial charge in [0.25, 0.3) is 0 Å². The lowest BCUT2D eigenvalue weighted by atomic mass is 10.1. The van der Waals surface area contributed by atoms with E-state index < -0.39 is 11.8 Å². The van der Waals surface area contributed by atoms with Crippen molar-refractivity contribution in [2.24, 2.45) is 0 Å². The van der Waals surface area contributed by atoms with Crippen LogP contribution in [0.15, 0.2) is 12.1 Å². The number of carbonyl (C=O) groups excluding carboxylic acids is 1. The van der Waals surface area contributed by atoms with E-state index in [2.05, 4.69) is 0 Å². The van der Waals surface area contributed by atoms with E-state index in [4.69, 9.17) is 15.2 Å². The highest BCUT2D eigenvalue weighted by Crippen LogP contribution is 2.21. The Labute approximate surface area is 99.5 Å². The second kappa shape index (κ2) is 6.20. The Morgan fingerprint density at radius 1 is 1.47 bits per heavy atom. The number of esters is 1. The third-order valence-corrected chi connectivity index (χ3v) is 2.19. The van der Waals surface area contributed by atoms with Gasteiger partial charge in [0.05, 0.1) is 24.5 Å². The average Bonchev–Trinajstić information content (AvgIpc) is 2.30. The summed E-state index contributed by atoms with van der Waals surface area (Å²) in [6.07, 6.45) is 0.700. The van der Waals surface area contributed by atoms with E-state index in [1.165, 1.54) is 13.2 Å². The lowest BCUT2D eigenvalue weighted by molar-refractivity contribution is 0.0505. The van der Waals surface area contributed by atoms with Gasteiger partial charge in [0.15, 0.2) is 0 Å². The van der Waals surface area contributed by atoms with Crippen molar-refractivity contribution in [3.05, 3.63) is 29.1 Å². The van der Waals surface area contributed by atoms with Crippen LogP contribution >= 0.6 is 0 Å². The Balaban J connectivity index is 3.02. The topological polar surface area (TPSA) is 61.5 Å². The zero-order valence-electron chi connectivity index (χ0n) is 9.96. The van der Waals surface area contributed by atoms with Crippen molar-refractivity contribution in [3.63, 3.8) is 0 Å². The van der Waals surface area contributed by atoms with Crippen molar-refractivity contribution in [3.8, 4) is 0 Å². The van der Waals surface area contributed by atoms with Crippen LogP contribution in [0.2, 0.25) is 0 Å². The highest BCUT2D eigenvalue weighted by molar-refractivity contribution is 5.95. The molecule has 5 heteroatoms. The van der Waals surface area contributed by atoms with Crippen LogP contribution in [0, 0.1) is 5.82 Å². The van der Waals surface area contributed by atoms with Gasteiger partial charge in [0.1, 0.15) is 5.82 Å². The number of nitrogens with two attached hydrogens (primary N) is 1. The maximum absolute atomic E-state index is 13.3. The van der Waals surface area contributed by atoms with Gasteiger partial charge in [-0.1, -0.05) is 6.92 Å². The van der Waals surface area contributed by atoms with Gasteiger partial charge >= 0.3 is 5.97 Å². The molecule has 94 valence electrons. The summed E-state index contributed by atoms with van der Waals surface area (Å²) in [5.41, 5.74) is 6.45. The molecule has 4 nitrogen and oxygen atoms in total. The molecular weight excluding hydrogens is 225 g/mol. The second-order valence-electron chi connectivity index (χ2n) is 3.60. The summed E-state index contributed by atoms with van der Waals surface area (Å²) in [4.78, 5) is 11.6. The summed E-state index contributed by atoms with van der Waals surface area (Å²) in [7, 11) is 1.47. The molecule has 0 bridgehead atoms. The summed E-state index contributed by atoms with van der Waals surface area (Å²) >= 11 is 0. The van der Waals surface area contributed by atoms with Gasteiger partial charge < -0.3 is 15.2 Å². The standard InChI is InChI=1S/C12H16FNO3/c1-3-4-17-12(15)10-6-9(13)5-8(7-16-2)11(10)14/h5-6H,3-4,7,14H2,1-2H3. The molecule has 0 saturated heterocycles. The van der Waals surface area contributed by atoms with E-state index in [9.17, 15) is 9.18 Å². The highest BCUT2D eigenvalue weighted by atomic mass is 19.1. The van der Waals surface area contributed by atoms with Gasteiger partial charge in [-0.2, -0.15) is 0 Å². The average molecular weight is 241 g/mol. The molecule has 17 heavy (non-hydrogen) atoms. The van der Waals surface area contributed by atoms with Gasteiger partial charge in [-0.3, -0.25) is 0 Å². The number of hydrogen-bond donors (Lipinski definition) is 1. The van der Waals surface area contributed by atoms with Gasteiger partial charge in [-0.25, -0.2) is 9.18 Å². The van der Waals surface area contributed by atoms with E-state index in [0.29, 0.717) is 12.0 Å². The van der Waals surface area contributed by atoms with Gasteiger partial charge in [0, 0.05) is 12.7 Å². The van der Waals surface area contributed by atoms with Crippen LogP contribution in [0.4, 0.5) is 10.1 Å². The Morgan fingerprint density at radius 2 is 2.18 bits per heavy atom. The summed E-state index contributed by atoms with van der Waals surface area (Å²) in [6, 6.07) is 2.32. The van der Waals surface area contributed by atoms with Crippen LogP contribution in [-0.4, -0.2) is 19.7 Å². The molecule has 1 aromatic rings. The monoisotopic (exact) mass is 241 g/mol. The van der Waals surface area contributed by atoms with E-state index in [0.717, 1.165) is 6.07 Å². The van der Waals surface area contributed by atoms with Crippen molar-refractivity contribution in [2.45, 2.75) is 20.0 Å². The number of methoxy groups -OCH3 is 1. The van der Waals surface area contributed by atoms with Crippen LogP contribution in [0.1, 0.15) is 29.3 Å². The first kappa shape index (κ1) is 13.4. The van der Waals surface area contributed by atoms with E-state index in [1.807, 2.05) is 6.92 Å². The third kappa shape index (κ3) is 3.42. The molecule has 0 spiro atoms. The van der Waals surface area contributed by atoms with E-state index >= 15 is 0 Å². The maximum Gasteiger partial charge on any atom is 0.340 e. The normalized spacial score (nSPS) is 10.3. The van der Waals surface area contributed by atoms with E-state index in [-0.39, 0.29) is 24.5 Å². The van der Waals surface area contributed by atoms with Crippen LogP contribution in [0.3, 0.4) is 0 Å². The first-order chi connectivity index (χ1) is 8.10. The molecule has 1 rings (SSSR count). The molecule has 2 N–H and O–H groups in total. The number of benzene rings is 1. The van der Waals surface area contributed by atoms with Crippen molar-refractivity contribution >= 4 is 11.7 Å². The third-order valence-electron chi connectivity index (χ3n) is 2.19. The quantitative estimate of drug-likeness (QED) is 0.633. The number of hydrogen-bond acceptors (Lipinski definition) is 4. The predicted molar refractivity (Wildman–Crippen MR) is 62.1 cm³/mol. The molecule has 0 radical (unpaired) electrons. The molecule has 0 amide bonds. The summed E-state index contributed by atoms with van der Waals surface area (Å²) in [6.45, 7) is 2.31. The first-order valence-corrected chi connectivity index (χ1v) is 5.34. The Bertz CT molecular complexity index is 407. The molecule has 0 saturated carbocycles. The fourth-order valence-corrected chi connectivity index (χ4v) is 1.39. The summed E-state index contributed by atoms with van der Waals surface area (Å²) in [5, 5.41) is 0. The van der Waals surface area contributed by atoms with Crippen molar-refractivity contribution < 1.29 is 18.7 Å². The second-order valence-corrected chi connectivity index (χ2v) is 3.60. The zero-order valence-corrected chi connectivity index (χ0v) is 9.96. The minimum atomic E-state index is -0.610. The number of ether oxygens (including phenoxy) is 2. The molecular formula is C12H16FNO3. The minimum absolute atomic E-state index is 0.0468. The molecule has 0 fully saturated rings. The lowest BCUT2D eigenvalue weighted by Crippen LogP contribution is -2.11. The predicted octanol–water partition coefficient (Wildman–Crippen LogP) is 2.12. The highest BCUT2D eigenvalue weighted by Gasteiger charge is 2.16. The fourth-order valence-electron chi connectivity index (χ4n) is 1.39. The number of rotatable bonds is 5. The Hall–Kier alpha value is -1.62. The SMILES string of the molecule is CCCOC(=O)c1cc(F)cc(COC)c1N. The molecule has 0 aliphatic carbocycles. The van der Waals surface area contributed by atoms with Crippen LogP contribution in [0.25, 0.3) is 0 Å². The molecule has 0 atom stereocenters. The number of carbonyl (C=O) groups is 1. The van der Waals surface area contributed by atoms with Gasteiger partial charge in [-0.05, 0) is 18.6 Å². The van der Waals surface area contributed by atoms with E-state index in [1.54, 1.807) is 0 Å². The molecule has 0 aromatic heterocycles. The molecule has 0 unspecified atom stereocenters. The number of anilines is 1. The van der Waals surface area contributed by atoms with Crippen LogP contribution in [-0.2, 0) is 16.1 Å². The largest absolute Gasteiger partial charge is 0.462 e. The number of halogens is 1. The van der Waals surface area contributed by atoms with Crippen molar-refractivity contribution in [2.75, 3.05) is 19.5 Å². The van der Waals surface area contributed by atoms with Crippen LogP contribution < -0.4 is 5.73 Å². The lowest BCUT2D eigenvalue weighted by Gasteiger charge is -2.10. The summed E-state index contributed by atoms with van der Waals surface area (Å²) < 4.78 is 23.1. The minimum Gasteiger partial charge on any atom is -0.462 e. The van der Waals surface area contributed by atoms with Gasteiger partial charge in [-0.15, -0.1) is 0 Å².